The minimum atomic E-state index is 0.912. The topological polar surface area (TPSA) is 4.93 Å². The fourth-order valence-corrected chi connectivity index (χ4v) is 4.78. The third-order valence-corrected chi connectivity index (χ3v) is 5.87. The van der Waals surface area contributed by atoms with E-state index in [1.807, 2.05) is 11.8 Å². The molecule has 3 aromatic carbocycles. The first-order valence-corrected chi connectivity index (χ1v) is 9.26. The first-order valence-electron chi connectivity index (χ1n) is 8.28. The lowest BCUT2D eigenvalue weighted by Crippen LogP contribution is -2.04. The van der Waals surface area contributed by atoms with Gasteiger partial charge in [-0.3, -0.25) is 0 Å². The predicted octanol–water partition coefficient (Wildman–Crippen LogP) is 5.96. The van der Waals surface area contributed by atoms with E-state index in [2.05, 4.69) is 83.4 Å². The van der Waals surface area contributed by atoms with Crippen LogP contribution in [0.25, 0.3) is 22.2 Å². The van der Waals surface area contributed by atoms with Crippen molar-refractivity contribution in [2.24, 2.45) is 0 Å². The predicted molar refractivity (Wildman–Crippen MR) is 102 cm³/mol. The van der Waals surface area contributed by atoms with E-state index in [9.17, 15) is 0 Å². The summed E-state index contributed by atoms with van der Waals surface area (Å²) in [5.41, 5.74) is 6.93. The second kappa shape index (κ2) is 5.57. The highest BCUT2D eigenvalue weighted by molar-refractivity contribution is 7.98. The molecule has 116 valence electrons. The highest BCUT2D eigenvalue weighted by Gasteiger charge is 2.24. The summed E-state index contributed by atoms with van der Waals surface area (Å²) >= 11 is 1.95. The molecule has 0 unspecified atom stereocenters. The summed E-state index contributed by atoms with van der Waals surface area (Å²) in [6.07, 6.45) is 0. The molecule has 1 aromatic heterocycles. The van der Waals surface area contributed by atoms with E-state index in [-0.39, 0.29) is 0 Å². The van der Waals surface area contributed by atoms with Crippen LogP contribution in [-0.4, -0.2) is 4.57 Å². The van der Waals surface area contributed by atoms with Gasteiger partial charge in [0.2, 0.25) is 0 Å². The Kier molecular flexibility index (Phi) is 3.24. The number of hydrogen-bond donors (Lipinski definition) is 0. The molecule has 24 heavy (non-hydrogen) atoms. The van der Waals surface area contributed by atoms with Crippen LogP contribution < -0.4 is 0 Å². The number of rotatable bonds is 2. The van der Waals surface area contributed by atoms with Crippen molar-refractivity contribution in [1.82, 2.24) is 4.57 Å². The number of aromatic nitrogens is 1. The Hall–Kier alpha value is -2.45. The zero-order valence-corrected chi connectivity index (χ0v) is 14.1. The standard InChI is InChI=1S/C22H17NS/c1-2-8-16(9-3-1)14-23-20-12-6-4-10-17(20)19-15-24-21-13-7-5-11-18(21)22(19)23/h1-13H,14-15H2. The first-order chi connectivity index (χ1) is 11.9. The summed E-state index contributed by atoms with van der Waals surface area (Å²) in [5.74, 6) is 1.05. The molecule has 5 rings (SSSR count). The van der Waals surface area contributed by atoms with Gasteiger partial charge in [-0.15, -0.1) is 11.8 Å². The summed E-state index contributed by atoms with van der Waals surface area (Å²) < 4.78 is 2.50. The maximum absolute atomic E-state index is 2.50. The summed E-state index contributed by atoms with van der Waals surface area (Å²) in [6.45, 7) is 0.912. The zero-order valence-electron chi connectivity index (χ0n) is 13.3. The minimum absolute atomic E-state index is 0.912. The quantitative estimate of drug-likeness (QED) is 0.439. The van der Waals surface area contributed by atoms with Crippen LogP contribution in [0.3, 0.4) is 0 Å². The molecule has 4 aromatic rings. The van der Waals surface area contributed by atoms with Gasteiger partial charge in [-0.05, 0) is 23.3 Å². The molecule has 0 N–H and O–H groups in total. The van der Waals surface area contributed by atoms with E-state index in [1.165, 1.54) is 38.2 Å². The van der Waals surface area contributed by atoms with E-state index in [1.54, 1.807) is 0 Å². The summed E-state index contributed by atoms with van der Waals surface area (Å²) in [6, 6.07) is 28.4. The third kappa shape index (κ3) is 2.10. The van der Waals surface area contributed by atoms with Crippen LogP contribution in [0, 0.1) is 0 Å². The molecular weight excluding hydrogens is 310 g/mol. The number of thioether (sulfide) groups is 1. The number of nitrogens with zero attached hydrogens (tertiary/aromatic N) is 1. The van der Waals surface area contributed by atoms with Gasteiger partial charge >= 0.3 is 0 Å². The van der Waals surface area contributed by atoms with Gasteiger partial charge in [0, 0.05) is 33.7 Å². The van der Waals surface area contributed by atoms with Crippen LogP contribution in [-0.2, 0) is 12.3 Å². The molecule has 1 aliphatic heterocycles. The number of benzene rings is 3. The van der Waals surface area contributed by atoms with E-state index in [0.717, 1.165) is 12.3 Å². The molecule has 0 spiro atoms. The Morgan fingerprint density at radius 2 is 1.54 bits per heavy atom. The van der Waals surface area contributed by atoms with E-state index in [4.69, 9.17) is 0 Å². The largest absolute Gasteiger partial charge is 0.336 e. The Bertz CT molecular complexity index is 1030. The van der Waals surface area contributed by atoms with E-state index >= 15 is 0 Å². The van der Waals surface area contributed by atoms with Crippen LogP contribution in [0.15, 0.2) is 83.8 Å². The molecule has 0 amide bonds. The number of para-hydroxylation sites is 1. The van der Waals surface area contributed by atoms with Crippen molar-refractivity contribution in [3.05, 3.63) is 90.0 Å². The molecule has 0 fully saturated rings. The SMILES string of the molecule is c1ccc(Cn2c3c(c4ccccc42)CSc2ccccc2-3)cc1. The first kappa shape index (κ1) is 13.9. The summed E-state index contributed by atoms with van der Waals surface area (Å²) in [7, 11) is 0. The zero-order chi connectivity index (χ0) is 15.9. The van der Waals surface area contributed by atoms with Crippen LogP contribution in [0.1, 0.15) is 11.1 Å². The Morgan fingerprint density at radius 3 is 2.46 bits per heavy atom. The summed E-state index contributed by atoms with van der Waals surface area (Å²) in [5, 5.41) is 1.39. The lowest BCUT2D eigenvalue weighted by molar-refractivity contribution is 0.839. The molecular formula is C22H17NS. The second-order valence-electron chi connectivity index (χ2n) is 6.20. The molecule has 0 aliphatic carbocycles. The van der Waals surface area contributed by atoms with E-state index < -0.39 is 0 Å². The van der Waals surface area contributed by atoms with Crippen molar-refractivity contribution >= 4 is 22.7 Å². The smallest absolute Gasteiger partial charge is 0.0547 e. The number of hydrogen-bond acceptors (Lipinski definition) is 1. The van der Waals surface area contributed by atoms with Crippen molar-refractivity contribution in [2.45, 2.75) is 17.2 Å². The normalized spacial score (nSPS) is 12.8. The average molecular weight is 327 g/mol. The lowest BCUT2D eigenvalue weighted by Gasteiger charge is -2.19. The molecule has 1 nitrogen and oxygen atoms in total. The molecule has 0 bridgehead atoms. The molecule has 2 heterocycles. The van der Waals surface area contributed by atoms with Crippen molar-refractivity contribution in [3.63, 3.8) is 0 Å². The van der Waals surface area contributed by atoms with Gasteiger partial charge in [0.1, 0.15) is 0 Å². The maximum atomic E-state index is 2.50. The van der Waals surface area contributed by atoms with Gasteiger partial charge in [-0.25, -0.2) is 0 Å². The monoisotopic (exact) mass is 327 g/mol. The second-order valence-corrected chi connectivity index (χ2v) is 7.22. The van der Waals surface area contributed by atoms with Gasteiger partial charge in [0.25, 0.3) is 0 Å². The minimum Gasteiger partial charge on any atom is -0.336 e. The molecule has 0 radical (unpaired) electrons. The molecule has 0 saturated heterocycles. The molecule has 0 saturated carbocycles. The van der Waals surface area contributed by atoms with Gasteiger partial charge in [-0.2, -0.15) is 0 Å². The fourth-order valence-electron chi connectivity index (χ4n) is 3.70. The Morgan fingerprint density at radius 1 is 0.792 bits per heavy atom. The molecule has 0 atom stereocenters. The van der Waals surface area contributed by atoms with Gasteiger partial charge < -0.3 is 4.57 Å². The van der Waals surface area contributed by atoms with E-state index in [0.29, 0.717) is 0 Å². The van der Waals surface area contributed by atoms with Crippen molar-refractivity contribution < 1.29 is 0 Å². The molecule has 1 aliphatic rings. The fraction of sp³-hybridized carbons (Fsp3) is 0.0909. The van der Waals surface area contributed by atoms with Crippen LogP contribution in [0.2, 0.25) is 0 Å². The summed E-state index contributed by atoms with van der Waals surface area (Å²) in [4.78, 5) is 1.39. The van der Waals surface area contributed by atoms with Gasteiger partial charge in [0.05, 0.1) is 5.69 Å². The lowest BCUT2D eigenvalue weighted by atomic mass is 10.1. The Balaban J connectivity index is 1.80. The van der Waals surface area contributed by atoms with Crippen molar-refractivity contribution in [1.29, 1.82) is 0 Å². The highest BCUT2D eigenvalue weighted by Crippen LogP contribution is 2.45. The van der Waals surface area contributed by atoms with Crippen LogP contribution in [0.5, 0.6) is 0 Å². The van der Waals surface area contributed by atoms with Crippen LogP contribution >= 0.6 is 11.8 Å². The van der Waals surface area contributed by atoms with Crippen LogP contribution in [0.4, 0.5) is 0 Å². The van der Waals surface area contributed by atoms with Crippen molar-refractivity contribution in [2.75, 3.05) is 0 Å². The van der Waals surface area contributed by atoms with Gasteiger partial charge in [-0.1, -0.05) is 66.7 Å². The molecule has 2 heteroatoms. The third-order valence-electron chi connectivity index (χ3n) is 4.77. The van der Waals surface area contributed by atoms with Crippen molar-refractivity contribution in [3.8, 4) is 11.3 Å². The Labute approximate surface area is 145 Å². The average Bonchev–Trinajstić information content (AvgIpc) is 2.97. The highest BCUT2D eigenvalue weighted by atomic mass is 32.2. The number of fused-ring (bicyclic) bond motifs is 5. The maximum Gasteiger partial charge on any atom is 0.0547 e. The van der Waals surface area contributed by atoms with Gasteiger partial charge in [0.15, 0.2) is 0 Å².